The van der Waals surface area contributed by atoms with E-state index in [2.05, 4.69) is 0 Å². The molecule has 11 heteroatoms. The smallest absolute Gasteiger partial charge is 0.286 e. The van der Waals surface area contributed by atoms with Gasteiger partial charge in [0.25, 0.3) is 20.2 Å². The quantitative estimate of drug-likeness (QED) is 0.431. The van der Waals surface area contributed by atoms with Crippen molar-refractivity contribution in [2.24, 2.45) is 0 Å². The summed E-state index contributed by atoms with van der Waals surface area (Å²) in [6, 6.07) is 0. The molecule has 0 bridgehead atoms. The highest BCUT2D eigenvalue weighted by atomic mass is 35.5. The van der Waals surface area contributed by atoms with E-state index >= 15 is 0 Å². The third kappa shape index (κ3) is 24.8. The van der Waals surface area contributed by atoms with Gasteiger partial charge in [0.2, 0.25) is 0 Å². The van der Waals surface area contributed by atoms with Crippen molar-refractivity contribution in [1.82, 2.24) is 0 Å². The largest absolute Gasteiger partial charge is 0.316 e. The highest BCUT2D eigenvalue weighted by molar-refractivity contribution is 7.89. The number of hydrogen-bond acceptors (Lipinski definition) is 4. The average molecular weight is 279 g/mol. The highest BCUT2D eigenvalue weighted by Gasteiger charge is 2.11. The molecule has 78 valence electrons. The van der Waals surface area contributed by atoms with Gasteiger partial charge < -0.3 is 0 Å². The van der Waals surface area contributed by atoms with Crippen LogP contribution in [0.25, 0.3) is 0 Å². The van der Waals surface area contributed by atoms with Crippen molar-refractivity contribution in [2.45, 2.75) is 0 Å². The third-order valence-electron chi connectivity index (χ3n) is 0.599. The second-order valence-corrected chi connectivity index (χ2v) is 4.72. The summed E-state index contributed by atoms with van der Waals surface area (Å²) in [5, 5.41) is 0. The van der Waals surface area contributed by atoms with Gasteiger partial charge >= 0.3 is 46.1 Å². The monoisotopic (exact) mass is 278 g/mol. The molecule has 0 unspecified atom stereocenters. The van der Waals surface area contributed by atoms with Crippen molar-refractivity contribution >= 4 is 78.7 Å². The van der Waals surface area contributed by atoms with E-state index in [1.54, 1.807) is 0 Å². The predicted molar refractivity (Wildman–Crippen MR) is 57.2 cm³/mol. The van der Waals surface area contributed by atoms with Gasteiger partial charge in [0.1, 0.15) is 0 Å². The molecule has 0 aliphatic heterocycles. The summed E-state index contributed by atoms with van der Waals surface area (Å²) >= 11 is 0. The van der Waals surface area contributed by atoms with Crippen molar-refractivity contribution in [1.29, 1.82) is 0 Å². The summed E-state index contributed by atoms with van der Waals surface area (Å²) in [5.74, 6) is -1.96. The molecule has 0 fully saturated rings. The Morgan fingerprint density at radius 1 is 0.769 bits per heavy atom. The Morgan fingerprint density at radius 2 is 0.923 bits per heavy atom. The second kappa shape index (κ2) is 8.91. The lowest BCUT2D eigenvalue weighted by Crippen LogP contribution is -2.15. The third-order valence-corrected chi connectivity index (χ3v) is 2.30. The van der Waals surface area contributed by atoms with E-state index in [-0.39, 0.29) is 58.5 Å². The zero-order valence-corrected chi connectivity index (χ0v) is 7.62. The minimum absolute atomic E-state index is 0. The molecular weight excluding hydrogens is 268 g/mol. The molecule has 0 aliphatic rings. The van der Waals surface area contributed by atoms with Gasteiger partial charge in [-0.15, -0.1) is 12.4 Å². The lowest BCUT2D eigenvalue weighted by molar-refractivity contribution is 0.472. The van der Waals surface area contributed by atoms with E-state index in [0.717, 1.165) is 0 Å². The molecule has 0 heterocycles. The molecule has 2 N–H and O–H groups in total. The first kappa shape index (κ1) is 24.1. The Labute approximate surface area is 115 Å². The first-order chi connectivity index (χ1) is 4.21. The zero-order chi connectivity index (χ0) is 8.41. The van der Waals surface area contributed by atoms with E-state index in [1.807, 2.05) is 0 Å². The molecule has 0 amide bonds. The van der Waals surface area contributed by atoms with Gasteiger partial charge in [-0.2, -0.15) is 16.8 Å². The zero-order valence-electron chi connectivity index (χ0n) is 5.17. The van der Waals surface area contributed by atoms with Gasteiger partial charge in [-0.05, 0) is 0 Å². The van der Waals surface area contributed by atoms with E-state index in [9.17, 15) is 16.8 Å². The van der Waals surface area contributed by atoms with Crippen molar-refractivity contribution in [2.75, 3.05) is 11.5 Å². The van der Waals surface area contributed by atoms with E-state index in [4.69, 9.17) is 9.11 Å². The van der Waals surface area contributed by atoms with Gasteiger partial charge in [0.15, 0.2) is 0 Å². The van der Waals surface area contributed by atoms with Gasteiger partial charge in [-0.3, -0.25) is 9.11 Å². The normalized spacial score (nSPS) is 10.3. The average Bonchev–Trinajstić information content (AvgIpc) is 1.57. The van der Waals surface area contributed by atoms with Gasteiger partial charge in [0.05, 0.1) is 11.5 Å². The molecule has 0 spiro atoms. The van der Waals surface area contributed by atoms with Crippen molar-refractivity contribution in [3.8, 4) is 0 Å². The summed E-state index contributed by atoms with van der Waals surface area (Å²) in [7, 11) is -8.59. The van der Waals surface area contributed by atoms with Crippen LogP contribution in [0.3, 0.4) is 0 Å². The molecule has 0 aromatic heterocycles. The molecule has 0 aromatic carbocycles. The summed E-state index contributed by atoms with van der Waals surface area (Å²) in [6.07, 6.45) is 0. The van der Waals surface area contributed by atoms with Crippen LogP contribution >= 0.6 is 12.4 Å². The fourth-order valence-corrected chi connectivity index (χ4v) is 1.90. The molecule has 0 aliphatic carbocycles. The molecule has 0 radical (unpaired) electrons. The lowest BCUT2D eigenvalue weighted by Gasteiger charge is -1.92. The maximum Gasteiger partial charge on any atom is 0.316 e. The molecule has 13 heavy (non-hydrogen) atoms. The topological polar surface area (TPSA) is 109 Å². The highest BCUT2D eigenvalue weighted by Crippen LogP contribution is 1.86. The van der Waals surface area contributed by atoms with Gasteiger partial charge in [0, 0.05) is 0 Å². The molecule has 0 saturated carbocycles. The molecule has 0 atom stereocenters. The Kier molecular flexibility index (Phi) is 16.5. The first-order valence-corrected chi connectivity index (χ1v) is 5.33. The van der Waals surface area contributed by atoms with E-state index in [0.29, 0.717) is 0 Å². The Hall–Kier alpha value is 1.64. The standard InChI is InChI=1S/C2H6O6S2.ClH.2Mg.4H/c3-9(4,5)1-2-10(6,7)8;;;;;;;/h1-2H2,(H,3,4,5)(H,6,7,8);1H;;;;;;. The summed E-state index contributed by atoms with van der Waals surface area (Å²) in [6.45, 7) is 0. The van der Waals surface area contributed by atoms with E-state index in [1.165, 1.54) is 0 Å². The summed E-state index contributed by atoms with van der Waals surface area (Å²) in [5.41, 5.74) is 0. The molecular formula is C2H11ClMg2O6S2. The molecule has 6 nitrogen and oxygen atoms in total. The van der Waals surface area contributed by atoms with Crippen molar-refractivity contribution in [3.05, 3.63) is 0 Å². The Balaban J connectivity index is -0.000000135. The van der Waals surface area contributed by atoms with Crippen LogP contribution in [-0.4, -0.2) is 83.6 Å². The van der Waals surface area contributed by atoms with Crippen LogP contribution in [0.2, 0.25) is 0 Å². The SMILES string of the molecule is Cl.O=S(=O)(O)CCS(=O)(=O)O.[MgH2].[MgH2]. The molecule has 0 rings (SSSR count). The maximum atomic E-state index is 9.86. The number of rotatable bonds is 3. The van der Waals surface area contributed by atoms with Crippen LogP contribution < -0.4 is 0 Å². The van der Waals surface area contributed by atoms with Gasteiger partial charge in [-0.25, -0.2) is 0 Å². The van der Waals surface area contributed by atoms with Crippen LogP contribution in [0.4, 0.5) is 0 Å². The first-order valence-electron chi connectivity index (χ1n) is 2.11. The lowest BCUT2D eigenvalue weighted by atomic mass is 11.0. The second-order valence-electron chi connectivity index (χ2n) is 1.57. The molecule has 0 saturated heterocycles. The Morgan fingerprint density at radius 3 is 1.00 bits per heavy atom. The minimum Gasteiger partial charge on any atom is -0.286 e. The van der Waals surface area contributed by atoms with Crippen molar-refractivity contribution < 1.29 is 25.9 Å². The number of hydrogen-bond donors (Lipinski definition) is 2. The van der Waals surface area contributed by atoms with Crippen LogP contribution in [0, 0.1) is 0 Å². The predicted octanol–water partition coefficient (Wildman–Crippen LogP) is -2.65. The van der Waals surface area contributed by atoms with E-state index < -0.39 is 31.7 Å². The minimum atomic E-state index is -4.30. The summed E-state index contributed by atoms with van der Waals surface area (Å²) in [4.78, 5) is 0. The maximum absolute atomic E-state index is 9.86. The number of halogens is 1. The van der Waals surface area contributed by atoms with Crippen LogP contribution in [0.1, 0.15) is 0 Å². The fraction of sp³-hybridized carbons (Fsp3) is 1.00. The van der Waals surface area contributed by atoms with Crippen LogP contribution in [0.5, 0.6) is 0 Å². The Bertz CT molecular complexity index is 263. The van der Waals surface area contributed by atoms with Crippen molar-refractivity contribution in [3.63, 3.8) is 0 Å². The summed E-state index contributed by atoms with van der Waals surface area (Å²) < 4.78 is 55.4. The van der Waals surface area contributed by atoms with Gasteiger partial charge in [-0.1, -0.05) is 0 Å². The van der Waals surface area contributed by atoms with Crippen LogP contribution in [-0.2, 0) is 20.2 Å². The molecule has 0 aromatic rings. The van der Waals surface area contributed by atoms with Crippen LogP contribution in [0.15, 0.2) is 0 Å². The fourth-order valence-electron chi connectivity index (χ4n) is 0.211.